The number of hydrogen-bond donors (Lipinski definition) is 1. The van der Waals surface area contributed by atoms with Crippen LogP contribution in [-0.4, -0.2) is 70.8 Å². The summed E-state index contributed by atoms with van der Waals surface area (Å²) < 4.78 is 13.3. The Bertz CT molecular complexity index is 1320. The minimum absolute atomic E-state index is 0.264. The lowest BCUT2D eigenvalue weighted by Gasteiger charge is -2.34. The quantitative estimate of drug-likeness (QED) is 0.335. The monoisotopic (exact) mass is 505 g/mol. The van der Waals surface area contributed by atoms with Gasteiger partial charge in [-0.15, -0.1) is 0 Å². The summed E-state index contributed by atoms with van der Waals surface area (Å²) in [5.41, 5.74) is 2.85. The number of aldehydes is 1. The first-order valence-electron chi connectivity index (χ1n) is 11.9. The van der Waals surface area contributed by atoms with Gasteiger partial charge < -0.3 is 19.9 Å². The summed E-state index contributed by atoms with van der Waals surface area (Å²) in [7, 11) is 1.90. The zero-order chi connectivity index (χ0) is 24.9. The van der Waals surface area contributed by atoms with Crippen LogP contribution in [0.15, 0.2) is 54.7 Å². The molecule has 36 heavy (non-hydrogen) atoms. The highest BCUT2D eigenvalue weighted by atomic mass is 32.1. The van der Waals surface area contributed by atoms with Crippen molar-refractivity contribution in [3.8, 4) is 0 Å². The number of piperazine rings is 1. The van der Waals surface area contributed by atoms with Crippen LogP contribution >= 0.6 is 11.3 Å². The summed E-state index contributed by atoms with van der Waals surface area (Å²) in [5.74, 6) is 1.25. The SMILES string of the molecule is CN(c1ccc(F)cc1)c1ccc2nc(Nc3cc(CN4CCN(CCC=O)CC4)ccn3)sc2n1. The fourth-order valence-electron chi connectivity index (χ4n) is 4.26. The minimum atomic E-state index is -0.264. The summed E-state index contributed by atoms with van der Waals surface area (Å²) >= 11 is 1.47. The fourth-order valence-corrected chi connectivity index (χ4v) is 5.10. The number of anilines is 4. The summed E-state index contributed by atoms with van der Waals surface area (Å²) in [6.45, 7) is 5.66. The highest BCUT2D eigenvalue weighted by Gasteiger charge is 2.17. The van der Waals surface area contributed by atoms with Gasteiger partial charge >= 0.3 is 0 Å². The minimum Gasteiger partial charge on any atom is -0.329 e. The number of thiazole rings is 1. The van der Waals surface area contributed by atoms with Crippen molar-refractivity contribution in [1.29, 1.82) is 0 Å². The van der Waals surface area contributed by atoms with Gasteiger partial charge in [-0.05, 0) is 54.1 Å². The van der Waals surface area contributed by atoms with Gasteiger partial charge in [0, 0.05) is 64.6 Å². The first-order chi connectivity index (χ1) is 17.6. The molecule has 0 saturated carbocycles. The molecule has 5 rings (SSSR count). The average Bonchev–Trinajstić information content (AvgIpc) is 3.30. The van der Waals surface area contributed by atoms with Crippen molar-refractivity contribution in [3.63, 3.8) is 0 Å². The first kappa shape index (κ1) is 24.2. The van der Waals surface area contributed by atoms with Crippen molar-refractivity contribution >= 4 is 50.4 Å². The molecule has 0 amide bonds. The molecule has 10 heteroatoms. The molecule has 1 N–H and O–H groups in total. The van der Waals surface area contributed by atoms with Crippen LogP contribution in [0.3, 0.4) is 0 Å². The van der Waals surface area contributed by atoms with Crippen molar-refractivity contribution in [2.24, 2.45) is 0 Å². The molecule has 8 nitrogen and oxygen atoms in total. The van der Waals surface area contributed by atoms with Crippen LogP contribution in [0, 0.1) is 5.82 Å². The van der Waals surface area contributed by atoms with E-state index < -0.39 is 0 Å². The van der Waals surface area contributed by atoms with Gasteiger partial charge in [0.05, 0.1) is 0 Å². The maximum Gasteiger partial charge on any atom is 0.190 e. The van der Waals surface area contributed by atoms with Crippen LogP contribution in [0.1, 0.15) is 12.0 Å². The van der Waals surface area contributed by atoms with Gasteiger partial charge in [-0.1, -0.05) is 11.3 Å². The number of halogens is 1. The maximum atomic E-state index is 13.3. The van der Waals surface area contributed by atoms with E-state index in [2.05, 4.69) is 31.2 Å². The van der Waals surface area contributed by atoms with E-state index >= 15 is 0 Å². The lowest BCUT2D eigenvalue weighted by Crippen LogP contribution is -2.46. The van der Waals surface area contributed by atoms with E-state index in [1.807, 2.05) is 36.3 Å². The second-order valence-electron chi connectivity index (χ2n) is 8.80. The van der Waals surface area contributed by atoms with Crippen molar-refractivity contribution in [1.82, 2.24) is 24.8 Å². The molecular weight excluding hydrogens is 477 g/mol. The normalized spacial score (nSPS) is 14.7. The smallest absolute Gasteiger partial charge is 0.190 e. The molecule has 0 radical (unpaired) electrons. The number of pyridine rings is 2. The molecule has 0 aliphatic carbocycles. The second kappa shape index (κ2) is 11.1. The van der Waals surface area contributed by atoms with Crippen LogP contribution in [0.2, 0.25) is 0 Å². The fraction of sp³-hybridized carbons (Fsp3) is 0.308. The molecule has 186 valence electrons. The van der Waals surface area contributed by atoms with Gasteiger partial charge in [0.1, 0.15) is 34.1 Å². The molecule has 3 aromatic heterocycles. The summed E-state index contributed by atoms with van der Waals surface area (Å²) in [6.07, 6.45) is 3.41. The number of fused-ring (bicyclic) bond motifs is 1. The van der Waals surface area contributed by atoms with E-state index in [1.54, 1.807) is 12.1 Å². The molecule has 4 aromatic rings. The molecule has 0 bridgehead atoms. The number of aromatic nitrogens is 3. The Hall–Kier alpha value is -3.47. The van der Waals surface area contributed by atoms with Gasteiger partial charge in [-0.25, -0.2) is 19.3 Å². The van der Waals surface area contributed by atoms with Gasteiger partial charge in [-0.2, -0.15) is 0 Å². The number of carbonyl (C=O) groups excluding carboxylic acids is 1. The predicted octanol–water partition coefficient (Wildman–Crippen LogP) is 4.44. The Morgan fingerprint density at radius 2 is 1.83 bits per heavy atom. The largest absolute Gasteiger partial charge is 0.329 e. The van der Waals surface area contributed by atoms with Crippen LogP contribution in [-0.2, 0) is 11.3 Å². The first-order valence-corrected chi connectivity index (χ1v) is 12.8. The third-order valence-corrected chi connectivity index (χ3v) is 7.17. The summed E-state index contributed by atoms with van der Waals surface area (Å²) in [4.78, 5) is 32.0. The molecule has 4 heterocycles. The number of nitrogens with zero attached hydrogens (tertiary/aromatic N) is 6. The number of carbonyl (C=O) groups is 1. The Labute approximate surface area is 213 Å². The summed E-state index contributed by atoms with van der Waals surface area (Å²) in [5, 5.41) is 4.06. The number of hydrogen-bond acceptors (Lipinski definition) is 9. The van der Waals surface area contributed by atoms with Crippen LogP contribution < -0.4 is 10.2 Å². The van der Waals surface area contributed by atoms with Crippen LogP contribution in [0.25, 0.3) is 10.3 Å². The van der Waals surface area contributed by atoms with Gasteiger partial charge in [0.2, 0.25) is 0 Å². The van der Waals surface area contributed by atoms with Crippen molar-refractivity contribution in [2.45, 2.75) is 13.0 Å². The Morgan fingerprint density at radius 1 is 1.06 bits per heavy atom. The van der Waals surface area contributed by atoms with Gasteiger partial charge in [-0.3, -0.25) is 4.90 Å². The highest BCUT2D eigenvalue weighted by molar-refractivity contribution is 7.21. The molecule has 0 atom stereocenters. The number of benzene rings is 1. The van der Waals surface area contributed by atoms with E-state index in [4.69, 9.17) is 4.98 Å². The summed E-state index contributed by atoms with van der Waals surface area (Å²) in [6, 6.07) is 14.3. The molecular formula is C26H28FN7OS. The lowest BCUT2D eigenvalue weighted by molar-refractivity contribution is -0.108. The van der Waals surface area contributed by atoms with E-state index in [1.165, 1.54) is 29.0 Å². The van der Waals surface area contributed by atoms with Gasteiger partial charge in [0.25, 0.3) is 0 Å². The third kappa shape index (κ3) is 5.84. The predicted molar refractivity (Wildman–Crippen MR) is 142 cm³/mol. The van der Waals surface area contributed by atoms with E-state index in [9.17, 15) is 9.18 Å². The van der Waals surface area contributed by atoms with Crippen LogP contribution in [0.5, 0.6) is 0 Å². The number of rotatable bonds is 9. The lowest BCUT2D eigenvalue weighted by atomic mass is 10.2. The molecule has 0 unspecified atom stereocenters. The molecule has 0 spiro atoms. The Kier molecular flexibility index (Phi) is 7.45. The Balaban J connectivity index is 1.23. The van der Waals surface area contributed by atoms with Crippen molar-refractivity contribution in [3.05, 3.63) is 66.1 Å². The standard InChI is InChI=1S/C26H28FN7OS/c1-32(21-5-3-20(27)4-6-21)24-8-7-22-25(31-24)36-26(29-22)30-23-17-19(9-10-28-23)18-34-14-12-33(13-15-34)11-2-16-35/h3-10,16-17H,2,11-15,18H2,1H3,(H,28,29,30). The third-order valence-electron chi connectivity index (χ3n) is 6.29. The highest BCUT2D eigenvalue weighted by Crippen LogP contribution is 2.30. The topological polar surface area (TPSA) is 77.5 Å². The van der Waals surface area contributed by atoms with Crippen molar-refractivity contribution in [2.75, 3.05) is 50.0 Å². The molecule has 1 fully saturated rings. The maximum absolute atomic E-state index is 13.3. The van der Waals surface area contributed by atoms with Crippen molar-refractivity contribution < 1.29 is 9.18 Å². The van der Waals surface area contributed by atoms with E-state index in [-0.39, 0.29) is 5.82 Å². The zero-order valence-electron chi connectivity index (χ0n) is 20.1. The van der Waals surface area contributed by atoms with E-state index in [0.717, 1.165) is 78.4 Å². The number of nitrogens with one attached hydrogen (secondary N) is 1. The second-order valence-corrected chi connectivity index (χ2v) is 9.77. The molecule has 1 aliphatic heterocycles. The molecule has 1 saturated heterocycles. The zero-order valence-corrected chi connectivity index (χ0v) is 20.9. The van der Waals surface area contributed by atoms with E-state index in [0.29, 0.717) is 6.42 Å². The van der Waals surface area contributed by atoms with Crippen LogP contribution in [0.4, 0.5) is 26.8 Å². The molecule has 1 aromatic carbocycles. The average molecular weight is 506 g/mol. The van der Waals surface area contributed by atoms with Gasteiger partial charge in [0.15, 0.2) is 5.13 Å². The molecule has 1 aliphatic rings. The Morgan fingerprint density at radius 3 is 2.61 bits per heavy atom.